The molecule has 0 atom stereocenters. The molecule has 0 aliphatic heterocycles. The highest BCUT2D eigenvalue weighted by atomic mass is 32.1. The number of fused-ring (bicyclic) bond motifs is 10. The van der Waals surface area contributed by atoms with Crippen molar-refractivity contribution in [2.45, 2.75) is 0 Å². The van der Waals surface area contributed by atoms with Crippen molar-refractivity contribution in [1.82, 2.24) is 4.57 Å². The van der Waals surface area contributed by atoms with Gasteiger partial charge in [-0.15, -0.1) is 11.3 Å². The van der Waals surface area contributed by atoms with Crippen LogP contribution in [0.4, 0.5) is 0 Å². The molecule has 3 aromatic heterocycles. The fourth-order valence-electron chi connectivity index (χ4n) is 5.42. The number of rotatable bonds is 1. The van der Waals surface area contributed by atoms with E-state index in [-0.39, 0.29) is 0 Å². The van der Waals surface area contributed by atoms with E-state index in [2.05, 4.69) is 102 Å². The van der Waals surface area contributed by atoms with Crippen LogP contribution in [-0.4, -0.2) is 4.57 Å². The minimum atomic E-state index is 0.920. The van der Waals surface area contributed by atoms with Gasteiger partial charge in [-0.3, -0.25) is 0 Å². The van der Waals surface area contributed by atoms with Gasteiger partial charge in [-0.2, -0.15) is 0 Å². The van der Waals surface area contributed by atoms with Crippen LogP contribution in [0.25, 0.3) is 69.6 Å². The lowest BCUT2D eigenvalue weighted by atomic mass is 10.1. The molecule has 3 heteroatoms. The number of para-hydroxylation sites is 2. The molecule has 0 saturated heterocycles. The van der Waals surface area contributed by atoms with Crippen molar-refractivity contribution >= 4 is 75.3 Å². The summed E-state index contributed by atoms with van der Waals surface area (Å²) >= 11 is 1.88. The third-order valence-electron chi connectivity index (χ3n) is 6.80. The zero-order chi connectivity index (χ0) is 21.5. The largest absolute Gasteiger partial charge is 0.456 e. The fraction of sp³-hybridized carbons (Fsp3) is 0. The molecule has 0 aliphatic rings. The Morgan fingerprint density at radius 2 is 1.27 bits per heavy atom. The second kappa shape index (κ2) is 6.25. The average molecular weight is 440 g/mol. The highest BCUT2D eigenvalue weighted by molar-refractivity contribution is 7.26. The Morgan fingerprint density at radius 1 is 0.545 bits per heavy atom. The number of aromatic nitrogens is 1. The topological polar surface area (TPSA) is 18.1 Å². The Balaban J connectivity index is 1.66. The van der Waals surface area contributed by atoms with E-state index < -0.39 is 0 Å². The standard InChI is InChI=1S/C30H17NOS/c1-4-11-23-18(8-1)20-16-17-21-19-9-3-6-15-27(19)33-30(21)29(20)31(23)24-12-7-14-26-28(24)22-10-2-5-13-25(22)32-26/h1-17H. The monoisotopic (exact) mass is 439 g/mol. The van der Waals surface area contributed by atoms with Crippen LogP contribution >= 0.6 is 11.3 Å². The zero-order valence-electron chi connectivity index (χ0n) is 17.6. The van der Waals surface area contributed by atoms with Gasteiger partial charge in [0.2, 0.25) is 0 Å². The van der Waals surface area contributed by atoms with Crippen LogP contribution in [0.1, 0.15) is 0 Å². The lowest BCUT2D eigenvalue weighted by Gasteiger charge is -2.10. The molecule has 154 valence electrons. The van der Waals surface area contributed by atoms with Crippen LogP contribution in [0.5, 0.6) is 0 Å². The molecule has 0 radical (unpaired) electrons. The predicted octanol–water partition coefficient (Wildman–Crippen LogP) is 9.05. The lowest BCUT2D eigenvalue weighted by molar-refractivity contribution is 0.669. The molecule has 33 heavy (non-hydrogen) atoms. The molecule has 8 rings (SSSR count). The summed E-state index contributed by atoms with van der Waals surface area (Å²) in [6.45, 7) is 0. The van der Waals surface area contributed by atoms with E-state index in [0.717, 1.165) is 27.6 Å². The number of benzene rings is 5. The van der Waals surface area contributed by atoms with Crippen molar-refractivity contribution in [3.63, 3.8) is 0 Å². The van der Waals surface area contributed by atoms with Gasteiger partial charge < -0.3 is 8.98 Å². The number of thiophene rings is 1. The van der Waals surface area contributed by atoms with Crippen LogP contribution < -0.4 is 0 Å². The van der Waals surface area contributed by atoms with Gasteiger partial charge in [0.1, 0.15) is 11.2 Å². The Kier molecular flexibility index (Phi) is 3.31. The molecule has 3 heterocycles. The second-order valence-electron chi connectivity index (χ2n) is 8.54. The van der Waals surface area contributed by atoms with E-state index >= 15 is 0 Å². The molecule has 0 bridgehead atoms. The third-order valence-corrected chi connectivity index (χ3v) is 7.99. The van der Waals surface area contributed by atoms with Gasteiger partial charge in [-0.05, 0) is 30.3 Å². The minimum Gasteiger partial charge on any atom is -0.456 e. The Bertz CT molecular complexity index is 2040. The first-order chi connectivity index (χ1) is 16.4. The molecular formula is C30H17NOS. The molecule has 0 aliphatic carbocycles. The molecule has 0 fully saturated rings. The summed E-state index contributed by atoms with van der Waals surface area (Å²) in [5.74, 6) is 0. The van der Waals surface area contributed by atoms with Gasteiger partial charge in [-0.1, -0.05) is 72.8 Å². The van der Waals surface area contributed by atoms with E-state index in [1.54, 1.807) is 0 Å². The molecule has 0 amide bonds. The molecule has 0 unspecified atom stereocenters. The van der Waals surface area contributed by atoms with Crippen LogP contribution in [0.3, 0.4) is 0 Å². The van der Waals surface area contributed by atoms with Crippen molar-refractivity contribution in [3.05, 3.63) is 103 Å². The quantitative estimate of drug-likeness (QED) is 0.249. The summed E-state index contributed by atoms with van der Waals surface area (Å²) in [6.07, 6.45) is 0. The second-order valence-corrected chi connectivity index (χ2v) is 9.59. The predicted molar refractivity (Wildman–Crippen MR) is 141 cm³/mol. The normalized spacial score (nSPS) is 12.2. The minimum absolute atomic E-state index is 0.920. The van der Waals surface area contributed by atoms with Crippen molar-refractivity contribution in [2.24, 2.45) is 0 Å². The number of hydrogen-bond donors (Lipinski definition) is 0. The highest BCUT2D eigenvalue weighted by Gasteiger charge is 2.20. The average Bonchev–Trinajstić information content (AvgIpc) is 3.53. The molecule has 5 aromatic carbocycles. The van der Waals surface area contributed by atoms with E-state index in [1.165, 1.54) is 42.0 Å². The summed E-state index contributed by atoms with van der Waals surface area (Å²) in [5, 5.41) is 7.51. The maximum atomic E-state index is 6.24. The maximum Gasteiger partial charge on any atom is 0.137 e. The van der Waals surface area contributed by atoms with Crippen LogP contribution in [-0.2, 0) is 0 Å². The van der Waals surface area contributed by atoms with Gasteiger partial charge in [-0.25, -0.2) is 0 Å². The van der Waals surface area contributed by atoms with E-state index in [9.17, 15) is 0 Å². The van der Waals surface area contributed by atoms with Crippen molar-refractivity contribution < 1.29 is 4.42 Å². The first-order valence-corrected chi connectivity index (χ1v) is 11.9. The number of furan rings is 1. The third kappa shape index (κ3) is 2.22. The summed E-state index contributed by atoms with van der Waals surface area (Å²) in [7, 11) is 0. The van der Waals surface area contributed by atoms with Gasteiger partial charge in [0.25, 0.3) is 0 Å². The van der Waals surface area contributed by atoms with Crippen LogP contribution in [0.2, 0.25) is 0 Å². The Hall–Kier alpha value is -4.08. The van der Waals surface area contributed by atoms with Gasteiger partial charge in [0, 0.05) is 31.6 Å². The summed E-state index contributed by atoms with van der Waals surface area (Å²) < 4.78 is 11.3. The molecule has 0 spiro atoms. The number of hydrogen-bond acceptors (Lipinski definition) is 2. The first kappa shape index (κ1) is 17.5. The number of nitrogens with zero attached hydrogens (tertiary/aromatic N) is 1. The first-order valence-electron chi connectivity index (χ1n) is 11.1. The summed E-state index contributed by atoms with van der Waals surface area (Å²) in [4.78, 5) is 0. The van der Waals surface area contributed by atoms with Crippen LogP contribution in [0, 0.1) is 0 Å². The summed E-state index contributed by atoms with van der Waals surface area (Å²) in [5.41, 5.74) is 5.49. The van der Waals surface area contributed by atoms with Gasteiger partial charge in [0.05, 0.1) is 26.8 Å². The van der Waals surface area contributed by atoms with E-state index in [4.69, 9.17) is 4.42 Å². The molecule has 8 aromatic rings. The van der Waals surface area contributed by atoms with E-state index in [1.807, 2.05) is 17.4 Å². The molecule has 0 saturated carbocycles. The molecule has 0 N–H and O–H groups in total. The Morgan fingerprint density at radius 3 is 2.21 bits per heavy atom. The van der Waals surface area contributed by atoms with Gasteiger partial charge >= 0.3 is 0 Å². The smallest absolute Gasteiger partial charge is 0.137 e. The maximum absolute atomic E-state index is 6.24. The molecule has 2 nitrogen and oxygen atoms in total. The van der Waals surface area contributed by atoms with Crippen molar-refractivity contribution in [1.29, 1.82) is 0 Å². The fourth-order valence-corrected chi connectivity index (χ4v) is 6.66. The Labute approximate surface area is 192 Å². The molecular weight excluding hydrogens is 422 g/mol. The lowest BCUT2D eigenvalue weighted by Crippen LogP contribution is -1.94. The SMILES string of the molecule is c1ccc2c(c1)oc1cccc(-n3c4ccccc4c4ccc5c6ccccc6sc5c43)c12. The van der Waals surface area contributed by atoms with Crippen LogP contribution in [0.15, 0.2) is 108 Å². The van der Waals surface area contributed by atoms with E-state index in [0.29, 0.717) is 0 Å². The van der Waals surface area contributed by atoms with Crippen molar-refractivity contribution in [2.75, 3.05) is 0 Å². The van der Waals surface area contributed by atoms with Gasteiger partial charge in [0.15, 0.2) is 0 Å². The highest BCUT2D eigenvalue weighted by Crippen LogP contribution is 2.44. The summed E-state index contributed by atoms with van der Waals surface area (Å²) in [6, 6.07) is 36.8. The van der Waals surface area contributed by atoms with Crippen molar-refractivity contribution in [3.8, 4) is 5.69 Å². The zero-order valence-corrected chi connectivity index (χ0v) is 18.4.